The van der Waals surface area contributed by atoms with Crippen LogP contribution < -0.4 is 27.4 Å². The summed E-state index contributed by atoms with van der Waals surface area (Å²) in [7, 11) is 0. The molecule has 0 fully saturated rings. The van der Waals surface area contributed by atoms with Crippen LogP contribution in [0.15, 0.2) is 54.6 Å². The van der Waals surface area contributed by atoms with Crippen molar-refractivity contribution in [3.8, 4) is 5.75 Å². The fourth-order valence-corrected chi connectivity index (χ4v) is 3.54. The summed E-state index contributed by atoms with van der Waals surface area (Å²) in [6.07, 6.45) is -0.253. The molecular weight excluding hydrogens is 494 g/mol. The molecule has 12 heteroatoms. The number of aromatic hydroxyl groups is 1. The van der Waals surface area contributed by atoms with Gasteiger partial charge in [0.1, 0.15) is 23.9 Å². The van der Waals surface area contributed by atoms with E-state index in [1.54, 1.807) is 42.5 Å². The van der Waals surface area contributed by atoms with Crippen molar-refractivity contribution in [3.63, 3.8) is 0 Å². The van der Waals surface area contributed by atoms with Crippen molar-refractivity contribution in [2.45, 2.75) is 56.8 Å². The highest BCUT2D eigenvalue weighted by atomic mass is 16.4. The smallest absolute Gasteiger partial charge is 0.326 e. The number of primary amides is 1. The first-order valence-electron chi connectivity index (χ1n) is 12.0. The Morgan fingerprint density at radius 2 is 1.37 bits per heavy atom. The molecule has 9 N–H and O–H groups in total. The van der Waals surface area contributed by atoms with E-state index in [-0.39, 0.29) is 31.4 Å². The van der Waals surface area contributed by atoms with Gasteiger partial charge < -0.3 is 37.6 Å². The molecule has 0 aliphatic carbocycles. The predicted molar refractivity (Wildman–Crippen MR) is 137 cm³/mol. The maximum atomic E-state index is 13.0. The third-order valence-corrected chi connectivity index (χ3v) is 5.69. The van der Waals surface area contributed by atoms with Crippen LogP contribution in [0.25, 0.3) is 0 Å². The van der Waals surface area contributed by atoms with E-state index >= 15 is 0 Å². The minimum atomic E-state index is -1.39. The summed E-state index contributed by atoms with van der Waals surface area (Å²) < 4.78 is 0. The van der Waals surface area contributed by atoms with E-state index in [2.05, 4.69) is 16.0 Å². The molecule has 12 nitrogen and oxygen atoms in total. The van der Waals surface area contributed by atoms with Crippen LogP contribution in [0.1, 0.15) is 30.9 Å². The van der Waals surface area contributed by atoms with Gasteiger partial charge in [-0.2, -0.15) is 0 Å². The zero-order chi connectivity index (χ0) is 28.2. The molecule has 0 spiro atoms. The van der Waals surface area contributed by atoms with Crippen molar-refractivity contribution in [1.29, 1.82) is 0 Å². The fraction of sp³-hybridized carbons (Fsp3) is 0.346. The standard InChI is InChI=1S/C26H33N5O7/c1-15(29-24(35)19(27)13-17-7-9-18(32)10-8-17)23(34)31-21(14-16-5-3-2-4-6-16)25(36)30-20(26(37)38)11-12-22(28)33/h2-10,15,19-21,32H,11-14,27H2,1H3,(H2,28,33)(H,29,35)(H,30,36)(H,31,34)(H,37,38). The number of carboxylic acids is 1. The van der Waals surface area contributed by atoms with E-state index in [1.807, 2.05) is 0 Å². The van der Waals surface area contributed by atoms with Gasteiger partial charge in [-0.25, -0.2) is 4.79 Å². The van der Waals surface area contributed by atoms with Gasteiger partial charge in [0, 0.05) is 12.8 Å². The minimum absolute atomic E-state index is 0.0433. The normalized spacial score (nSPS) is 13.8. The molecule has 2 rings (SSSR count). The van der Waals surface area contributed by atoms with Gasteiger partial charge in [0.15, 0.2) is 0 Å². The number of carboxylic acid groups (broad SMARTS) is 1. The molecule has 4 amide bonds. The van der Waals surface area contributed by atoms with Crippen LogP contribution in [0, 0.1) is 0 Å². The average Bonchev–Trinajstić information content (AvgIpc) is 2.87. The van der Waals surface area contributed by atoms with Crippen LogP contribution in [-0.2, 0) is 36.8 Å². The molecule has 2 aromatic carbocycles. The van der Waals surface area contributed by atoms with E-state index in [0.29, 0.717) is 11.1 Å². The topological polar surface area (TPSA) is 214 Å². The monoisotopic (exact) mass is 527 g/mol. The van der Waals surface area contributed by atoms with Crippen molar-refractivity contribution in [2.75, 3.05) is 0 Å². The first-order valence-corrected chi connectivity index (χ1v) is 12.0. The van der Waals surface area contributed by atoms with Crippen LogP contribution >= 0.6 is 0 Å². The number of carbonyl (C=O) groups excluding carboxylic acids is 4. The molecule has 38 heavy (non-hydrogen) atoms. The van der Waals surface area contributed by atoms with Crippen molar-refractivity contribution < 1.29 is 34.2 Å². The second-order valence-corrected chi connectivity index (χ2v) is 8.86. The summed E-state index contributed by atoms with van der Waals surface area (Å²) in [5.41, 5.74) is 12.5. The average molecular weight is 528 g/mol. The molecule has 4 unspecified atom stereocenters. The quantitative estimate of drug-likeness (QED) is 0.167. The zero-order valence-corrected chi connectivity index (χ0v) is 20.9. The van der Waals surface area contributed by atoms with Crippen LogP contribution in [0.5, 0.6) is 5.75 Å². The molecular formula is C26H33N5O7. The Hall–Kier alpha value is -4.45. The Bertz CT molecular complexity index is 1120. The third-order valence-electron chi connectivity index (χ3n) is 5.69. The van der Waals surface area contributed by atoms with Crippen LogP contribution in [0.4, 0.5) is 0 Å². The lowest BCUT2D eigenvalue weighted by Crippen LogP contribution is -2.57. The molecule has 0 aliphatic heterocycles. The number of nitrogens with two attached hydrogens (primary N) is 2. The Labute approximate surface area is 219 Å². The summed E-state index contributed by atoms with van der Waals surface area (Å²) >= 11 is 0. The number of nitrogens with one attached hydrogen (secondary N) is 3. The van der Waals surface area contributed by atoms with Crippen LogP contribution in [-0.4, -0.2) is 64.0 Å². The van der Waals surface area contributed by atoms with Crippen LogP contribution in [0.2, 0.25) is 0 Å². The Kier molecular flexibility index (Phi) is 11.2. The maximum absolute atomic E-state index is 13.0. The molecule has 0 bridgehead atoms. The lowest BCUT2D eigenvalue weighted by atomic mass is 10.0. The first kappa shape index (κ1) is 29.8. The van der Waals surface area contributed by atoms with Crippen molar-refractivity contribution >= 4 is 29.6 Å². The number of benzene rings is 2. The fourth-order valence-electron chi connectivity index (χ4n) is 3.54. The second-order valence-electron chi connectivity index (χ2n) is 8.86. The maximum Gasteiger partial charge on any atom is 0.326 e. The second kappa shape index (κ2) is 14.3. The predicted octanol–water partition coefficient (Wildman–Crippen LogP) is -0.671. The molecule has 0 saturated carbocycles. The summed E-state index contributed by atoms with van der Waals surface area (Å²) in [5, 5.41) is 26.2. The number of aliphatic carboxylic acids is 1. The van der Waals surface area contributed by atoms with Gasteiger partial charge in [-0.3, -0.25) is 19.2 Å². The van der Waals surface area contributed by atoms with Crippen molar-refractivity contribution in [3.05, 3.63) is 65.7 Å². The van der Waals surface area contributed by atoms with Crippen molar-refractivity contribution in [2.24, 2.45) is 11.5 Å². The number of hydrogen-bond acceptors (Lipinski definition) is 7. The Morgan fingerprint density at radius 1 is 0.789 bits per heavy atom. The summed E-state index contributed by atoms with van der Waals surface area (Å²) in [4.78, 5) is 61.0. The van der Waals surface area contributed by atoms with Crippen LogP contribution in [0.3, 0.4) is 0 Å². The van der Waals surface area contributed by atoms with Gasteiger partial charge in [0.2, 0.25) is 23.6 Å². The molecule has 0 aliphatic rings. The van der Waals surface area contributed by atoms with E-state index in [4.69, 9.17) is 11.5 Å². The van der Waals surface area contributed by atoms with E-state index in [0.717, 1.165) is 0 Å². The van der Waals surface area contributed by atoms with Gasteiger partial charge in [0.05, 0.1) is 6.04 Å². The molecule has 0 aromatic heterocycles. The van der Waals surface area contributed by atoms with Gasteiger partial charge in [-0.15, -0.1) is 0 Å². The third kappa shape index (κ3) is 9.90. The first-order chi connectivity index (χ1) is 18.0. The van der Waals surface area contributed by atoms with E-state index < -0.39 is 53.8 Å². The largest absolute Gasteiger partial charge is 0.508 e. The van der Waals surface area contributed by atoms with Gasteiger partial charge in [-0.05, 0) is 43.0 Å². The summed E-state index contributed by atoms with van der Waals surface area (Å²) in [6.45, 7) is 1.42. The van der Waals surface area contributed by atoms with Crippen molar-refractivity contribution in [1.82, 2.24) is 16.0 Å². The molecule has 0 saturated heterocycles. The number of rotatable bonds is 14. The SMILES string of the molecule is CC(NC(=O)C(N)Cc1ccc(O)cc1)C(=O)NC(Cc1ccccc1)C(=O)NC(CCC(N)=O)C(=O)O. The molecule has 204 valence electrons. The highest BCUT2D eigenvalue weighted by molar-refractivity contribution is 5.94. The number of carbonyl (C=O) groups is 5. The number of amides is 4. The highest BCUT2D eigenvalue weighted by Crippen LogP contribution is 2.11. The Balaban J connectivity index is 2.06. The van der Waals surface area contributed by atoms with Gasteiger partial charge in [0.25, 0.3) is 0 Å². The minimum Gasteiger partial charge on any atom is -0.508 e. The molecule has 2 aromatic rings. The molecule has 0 radical (unpaired) electrons. The van der Waals surface area contributed by atoms with Gasteiger partial charge in [-0.1, -0.05) is 42.5 Å². The summed E-state index contributed by atoms with van der Waals surface area (Å²) in [5.74, 6) is -4.05. The number of phenols is 1. The molecule has 0 heterocycles. The zero-order valence-electron chi connectivity index (χ0n) is 20.9. The highest BCUT2D eigenvalue weighted by Gasteiger charge is 2.29. The molecule has 4 atom stereocenters. The number of phenolic OH excluding ortho intramolecular Hbond substituents is 1. The lowest BCUT2D eigenvalue weighted by molar-refractivity contribution is -0.142. The lowest BCUT2D eigenvalue weighted by Gasteiger charge is -2.24. The number of hydrogen-bond donors (Lipinski definition) is 7. The van der Waals surface area contributed by atoms with E-state index in [9.17, 15) is 34.2 Å². The Morgan fingerprint density at radius 3 is 1.95 bits per heavy atom. The van der Waals surface area contributed by atoms with Gasteiger partial charge >= 0.3 is 5.97 Å². The van der Waals surface area contributed by atoms with E-state index in [1.165, 1.54) is 19.1 Å². The summed E-state index contributed by atoms with van der Waals surface area (Å²) in [6, 6.07) is 10.3.